The summed E-state index contributed by atoms with van der Waals surface area (Å²) in [5.74, 6) is 0.331. The topological polar surface area (TPSA) is 51.0 Å². The van der Waals surface area contributed by atoms with E-state index in [0.717, 1.165) is 12.1 Å². The number of fused-ring (bicyclic) bond motifs is 1. The van der Waals surface area contributed by atoms with Gasteiger partial charge in [-0.05, 0) is 30.2 Å². The fourth-order valence-corrected chi connectivity index (χ4v) is 4.16. The summed E-state index contributed by atoms with van der Waals surface area (Å²) in [6.45, 7) is 4.89. The van der Waals surface area contributed by atoms with E-state index >= 15 is 0 Å². The molecule has 28 heavy (non-hydrogen) atoms. The predicted octanol–water partition coefficient (Wildman–Crippen LogP) is 3.95. The SMILES string of the molecule is C=CCn1c(SCC(=O)N2CCc3ccccc32)nnc1-c1ccccc1F. The first kappa shape index (κ1) is 18.4. The van der Waals surface area contributed by atoms with Crippen LogP contribution in [0.2, 0.25) is 0 Å². The molecule has 142 valence electrons. The molecule has 5 nitrogen and oxygen atoms in total. The molecule has 0 aliphatic carbocycles. The highest BCUT2D eigenvalue weighted by molar-refractivity contribution is 7.99. The van der Waals surface area contributed by atoms with E-state index in [1.807, 2.05) is 23.1 Å². The maximum Gasteiger partial charge on any atom is 0.237 e. The number of nitrogens with zero attached hydrogens (tertiary/aromatic N) is 4. The van der Waals surface area contributed by atoms with E-state index in [1.54, 1.807) is 28.8 Å². The Kier molecular flexibility index (Phi) is 5.25. The first-order valence-electron chi connectivity index (χ1n) is 8.99. The summed E-state index contributed by atoms with van der Waals surface area (Å²) in [7, 11) is 0. The molecule has 0 N–H and O–H groups in total. The van der Waals surface area contributed by atoms with Gasteiger partial charge in [0.05, 0.1) is 11.3 Å². The number of hydrogen-bond donors (Lipinski definition) is 0. The van der Waals surface area contributed by atoms with Gasteiger partial charge in [0.2, 0.25) is 5.91 Å². The van der Waals surface area contributed by atoms with Crippen molar-refractivity contribution in [1.82, 2.24) is 14.8 Å². The number of aromatic nitrogens is 3. The van der Waals surface area contributed by atoms with Gasteiger partial charge in [0, 0.05) is 18.8 Å². The minimum atomic E-state index is -0.360. The Morgan fingerprint density at radius 1 is 1.18 bits per heavy atom. The number of rotatable bonds is 6. The van der Waals surface area contributed by atoms with Crippen LogP contribution in [0.3, 0.4) is 0 Å². The van der Waals surface area contributed by atoms with E-state index in [1.165, 1.54) is 23.4 Å². The third-order valence-corrected chi connectivity index (χ3v) is 5.61. The second kappa shape index (κ2) is 7.98. The van der Waals surface area contributed by atoms with Crippen LogP contribution in [0, 0.1) is 5.82 Å². The normalized spacial score (nSPS) is 12.8. The van der Waals surface area contributed by atoms with Gasteiger partial charge in [-0.1, -0.05) is 48.2 Å². The first-order chi connectivity index (χ1) is 13.7. The average Bonchev–Trinajstić information content (AvgIpc) is 3.31. The van der Waals surface area contributed by atoms with Crippen molar-refractivity contribution in [1.29, 1.82) is 0 Å². The van der Waals surface area contributed by atoms with Crippen LogP contribution in [0.5, 0.6) is 0 Å². The molecule has 1 amide bonds. The first-order valence-corrected chi connectivity index (χ1v) is 9.97. The Labute approximate surface area is 166 Å². The second-order valence-corrected chi connectivity index (χ2v) is 7.34. The zero-order valence-electron chi connectivity index (χ0n) is 15.2. The smallest absolute Gasteiger partial charge is 0.237 e. The van der Waals surface area contributed by atoms with Crippen molar-refractivity contribution in [3.05, 3.63) is 72.6 Å². The summed E-state index contributed by atoms with van der Waals surface area (Å²) >= 11 is 1.31. The number of anilines is 1. The van der Waals surface area contributed by atoms with Crippen molar-refractivity contribution < 1.29 is 9.18 Å². The number of halogens is 1. The summed E-state index contributed by atoms with van der Waals surface area (Å²) in [5.41, 5.74) is 2.55. The van der Waals surface area contributed by atoms with Crippen LogP contribution in [0.1, 0.15) is 5.56 Å². The molecule has 0 bridgehead atoms. The van der Waals surface area contributed by atoms with Crippen molar-refractivity contribution in [2.75, 3.05) is 17.2 Å². The van der Waals surface area contributed by atoms with Crippen LogP contribution in [0.4, 0.5) is 10.1 Å². The Bertz CT molecular complexity index is 1030. The molecule has 2 heterocycles. The maximum atomic E-state index is 14.2. The maximum absolute atomic E-state index is 14.2. The van der Waals surface area contributed by atoms with Crippen LogP contribution >= 0.6 is 11.8 Å². The van der Waals surface area contributed by atoms with E-state index in [2.05, 4.69) is 22.8 Å². The number of hydrogen-bond acceptors (Lipinski definition) is 4. The number of para-hydroxylation sites is 1. The summed E-state index contributed by atoms with van der Waals surface area (Å²) in [6.07, 6.45) is 2.58. The lowest BCUT2D eigenvalue weighted by molar-refractivity contribution is -0.116. The number of thioether (sulfide) groups is 1. The largest absolute Gasteiger partial charge is 0.311 e. The fraction of sp³-hybridized carbons (Fsp3) is 0.190. The van der Waals surface area contributed by atoms with Crippen molar-refractivity contribution in [3.63, 3.8) is 0 Å². The van der Waals surface area contributed by atoms with Crippen molar-refractivity contribution in [2.24, 2.45) is 0 Å². The molecule has 1 aliphatic rings. The lowest BCUT2D eigenvalue weighted by Crippen LogP contribution is -2.30. The molecular weight excluding hydrogens is 375 g/mol. The van der Waals surface area contributed by atoms with Gasteiger partial charge < -0.3 is 4.90 Å². The Morgan fingerprint density at radius 2 is 1.96 bits per heavy atom. The number of benzene rings is 2. The molecule has 0 fully saturated rings. The molecular formula is C21H19FN4OS. The highest BCUT2D eigenvalue weighted by atomic mass is 32.2. The number of allylic oxidation sites excluding steroid dienone is 1. The molecule has 3 aromatic rings. The second-order valence-electron chi connectivity index (χ2n) is 6.40. The zero-order valence-corrected chi connectivity index (χ0v) is 16.0. The Balaban J connectivity index is 1.53. The van der Waals surface area contributed by atoms with Crippen LogP contribution in [-0.2, 0) is 17.8 Å². The van der Waals surface area contributed by atoms with Crippen LogP contribution in [0.15, 0.2) is 66.3 Å². The number of amides is 1. The molecule has 7 heteroatoms. The standard InChI is InChI=1S/C21H19FN4OS/c1-2-12-26-20(16-8-4-5-9-17(16)22)23-24-21(26)28-14-19(27)25-13-11-15-7-3-6-10-18(15)25/h2-10H,1,11-14H2. The molecule has 2 aromatic carbocycles. The van der Waals surface area contributed by atoms with E-state index in [-0.39, 0.29) is 17.5 Å². The van der Waals surface area contributed by atoms with E-state index < -0.39 is 0 Å². The molecule has 0 spiro atoms. The van der Waals surface area contributed by atoms with Gasteiger partial charge in [-0.15, -0.1) is 16.8 Å². The monoisotopic (exact) mass is 394 g/mol. The lowest BCUT2D eigenvalue weighted by Gasteiger charge is -2.17. The van der Waals surface area contributed by atoms with Crippen molar-refractivity contribution in [2.45, 2.75) is 18.1 Å². The zero-order chi connectivity index (χ0) is 19.5. The quantitative estimate of drug-likeness (QED) is 0.469. The van der Waals surface area contributed by atoms with E-state index in [4.69, 9.17) is 0 Å². The minimum Gasteiger partial charge on any atom is -0.311 e. The third-order valence-electron chi connectivity index (χ3n) is 4.66. The van der Waals surface area contributed by atoms with Gasteiger partial charge in [-0.2, -0.15) is 0 Å². The van der Waals surface area contributed by atoms with Gasteiger partial charge in [0.15, 0.2) is 11.0 Å². The summed E-state index contributed by atoms with van der Waals surface area (Å²) in [5, 5.41) is 8.91. The van der Waals surface area contributed by atoms with Crippen LogP contribution < -0.4 is 4.90 Å². The summed E-state index contributed by atoms with van der Waals surface area (Å²) < 4.78 is 16.0. The van der Waals surface area contributed by atoms with Crippen molar-refractivity contribution in [3.8, 4) is 11.4 Å². The molecule has 0 atom stereocenters. The Morgan fingerprint density at radius 3 is 2.79 bits per heavy atom. The average molecular weight is 394 g/mol. The third kappa shape index (κ3) is 3.45. The lowest BCUT2D eigenvalue weighted by atomic mass is 10.2. The molecule has 1 aliphatic heterocycles. The Hall–Kier alpha value is -2.93. The fourth-order valence-electron chi connectivity index (χ4n) is 3.33. The highest BCUT2D eigenvalue weighted by Crippen LogP contribution is 2.30. The summed E-state index contributed by atoms with van der Waals surface area (Å²) in [6, 6.07) is 14.4. The summed E-state index contributed by atoms with van der Waals surface area (Å²) in [4.78, 5) is 14.6. The van der Waals surface area contributed by atoms with Crippen LogP contribution in [0.25, 0.3) is 11.4 Å². The molecule has 0 saturated heterocycles. The predicted molar refractivity (Wildman–Crippen MR) is 109 cm³/mol. The van der Waals surface area contributed by atoms with E-state index in [9.17, 15) is 9.18 Å². The molecule has 1 aromatic heterocycles. The van der Waals surface area contributed by atoms with Gasteiger partial charge in [0.25, 0.3) is 0 Å². The number of carbonyl (C=O) groups excluding carboxylic acids is 1. The van der Waals surface area contributed by atoms with Gasteiger partial charge in [-0.3, -0.25) is 9.36 Å². The minimum absolute atomic E-state index is 0.0237. The van der Waals surface area contributed by atoms with Gasteiger partial charge >= 0.3 is 0 Å². The van der Waals surface area contributed by atoms with E-state index in [0.29, 0.717) is 29.6 Å². The molecule has 0 saturated carbocycles. The van der Waals surface area contributed by atoms with Gasteiger partial charge in [-0.25, -0.2) is 4.39 Å². The molecule has 0 unspecified atom stereocenters. The highest BCUT2D eigenvalue weighted by Gasteiger charge is 2.25. The van der Waals surface area contributed by atoms with Crippen molar-refractivity contribution >= 4 is 23.4 Å². The molecule has 0 radical (unpaired) electrons. The molecule has 4 rings (SSSR count). The van der Waals surface area contributed by atoms with Gasteiger partial charge in [0.1, 0.15) is 5.82 Å². The number of carbonyl (C=O) groups is 1. The van der Waals surface area contributed by atoms with Crippen LogP contribution in [-0.4, -0.2) is 33.0 Å².